The highest BCUT2D eigenvalue weighted by molar-refractivity contribution is 5.89. The van der Waals surface area contributed by atoms with Gasteiger partial charge in [0.2, 0.25) is 17.7 Å². The lowest BCUT2D eigenvalue weighted by Crippen LogP contribution is -2.57. The van der Waals surface area contributed by atoms with Crippen LogP contribution in [-0.2, 0) is 20.8 Å². The highest BCUT2D eigenvalue weighted by Crippen LogP contribution is 2.27. The number of carbonyl (C=O) groups is 3. The van der Waals surface area contributed by atoms with Gasteiger partial charge in [0.25, 0.3) is 0 Å². The normalized spacial score (nSPS) is 24.7. The molecular weight excluding hydrogens is 392 g/mol. The summed E-state index contributed by atoms with van der Waals surface area (Å²) in [7, 11) is 1.75. The van der Waals surface area contributed by atoms with Gasteiger partial charge in [-0.1, -0.05) is 6.07 Å². The van der Waals surface area contributed by atoms with Crippen molar-refractivity contribution in [2.24, 2.45) is 5.92 Å². The Morgan fingerprint density at radius 3 is 2.47 bits per heavy atom. The molecule has 1 aromatic carbocycles. The van der Waals surface area contributed by atoms with Crippen molar-refractivity contribution in [3.8, 4) is 0 Å². The Kier molecular flexibility index (Phi) is 7.05. The number of rotatable bonds is 5. The van der Waals surface area contributed by atoms with E-state index >= 15 is 0 Å². The molecule has 6 nitrogen and oxygen atoms in total. The maximum absolute atomic E-state index is 13.2. The molecule has 30 heavy (non-hydrogen) atoms. The minimum atomic E-state index is -0.910. The number of halogens is 2. The van der Waals surface area contributed by atoms with Crippen LogP contribution in [0.2, 0.25) is 0 Å². The Labute approximate surface area is 175 Å². The largest absolute Gasteiger partial charge is 0.353 e. The summed E-state index contributed by atoms with van der Waals surface area (Å²) in [5.74, 6) is -2.05. The standard InChI is InChI=1S/C22H29F2N3O3/c1-14-21(29)26(2)11-12-27(14)22(30)16-5-7-17(8-6-16)25-20(28)10-4-15-3-9-18(23)19(24)13-15/h3,9,13-14,16-17H,4-8,10-12H2,1-2H3,(H,25,28). The van der Waals surface area contributed by atoms with Gasteiger partial charge in [-0.2, -0.15) is 0 Å². The molecule has 1 aliphatic heterocycles. The Morgan fingerprint density at radius 1 is 1.10 bits per heavy atom. The second kappa shape index (κ2) is 9.53. The van der Waals surface area contributed by atoms with Gasteiger partial charge in [-0.05, 0) is 56.7 Å². The molecule has 1 unspecified atom stereocenters. The molecule has 1 aromatic rings. The summed E-state index contributed by atoms with van der Waals surface area (Å²) in [6, 6.07) is 3.24. The van der Waals surface area contributed by atoms with Gasteiger partial charge in [0.1, 0.15) is 6.04 Å². The molecule has 0 spiro atoms. The van der Waals surface area contributed by atoms with Gasteiger partial charge in [-0.25, -0.2) is 8.78 Å². The summed E-state index contributed by atoms with van der Waals surface area (Å²) in [6.45, 7) is 2.88. The van der Waals surface area contributed by atoms with Gasteiger partial charge in [-0.15, -0.1) is 0 Å². The number of nitrogens with zero attached hydrogens (tertiary/aromatic N) is 2. The minimum Gasteiger partial charge on any atom is -0.353 e. The Balaban J connectivity index is 1.42. The fourth-order valence-electron chi connectivity index (χ4n) is 4.29. The monoisotopic (exact) mass is 421 g/mol. The molecule has 0 radical (unpaired) electrons. The van der Waals surface area contributed by atoms with Crippen LogP contribution in [0.15, 0.2) is 18.2 Å². The van der Waals surface area contributed by atoms with Gasteiger partial charge in [0.05, 0.1) is 0 Å². The molecule has 1 saturated carbocycles. The molecule has 0 aromatic heterocycles. The third-order valence-electron chi connectivity index (χ3n) is 6.23. The van der Waals surface area contributed by atoms with Crippen LogP contribution in [0.3, 0.4) is 0 Å². The van der Waals surface area contributed by atoms with Crippen molar-refractivity contribution in [1.29, 1.82) is 0 Å². The van der Waals surface area contributed by atoms with Crippen LogP contribution in [0.5, 0.6) is 0 Å². The lowest BCUT2D eigenvalue weighted by Gasteiger charge is -2.40. The molecule has 2 aliphatic rings. The number of benzene rings is 1. The van der Waals surface area contributed by atoms with Crippen molar-refractivity contribution in [3.05, 3.63) is 35.4 Å². The van der Waals surface area contributed by atoms with Crippen molar-refractivity contribution in [2.45, 2.75) is 57.5 Å². The van der Waals surface area contributed by atoms with Crippen LogP contribution >= 0.6 is 0 Å². The summed E-state index contributed by atoms with van der Waals surface area (Å²) in [4.78, 5) is 40.6. The maximum atomic E-state index is 13.2. The zero-order valence-corrected chi connectivity index (χ0v) is 17.5. The molecule has 1 N–H and O–H groups in total. The van der Waals surface area contributed by atoms with Gasteiger partial charge < -0.3 is 15.1 Å². The minimum absolute atomic E-state index is 0.0121. The van der Waals surface area contributed by atoms with Gasteiger partial charge in [-0.3, -0.25) is 14.4 Å². The maximum Gasteiger partial charge on any atom is 0.244 e. The lowest BCUT2D eigenvalue weighted by molar-refractivity contribution is -0.152. The topological polar surface area (TPSA) is 69.7 Å². The van der Waals surface area contributed by atoms with Crippen molar-refractivity contribution < 1.29 is 23.2 Å². The molecule has 0 bridgehead atoms. The Morgan fingerprint density at radius 2 is 1.80 bits per heavy atom. The third kappa shape index (κ3) is 5.15. The van der Waals surface area contributed by atoms with Crippen LogP contribution in [0.25, 0.3) is 0 Å². The number of nitrogens with one attached hydrogen (secondary N) is 1. The van der Waals surface area contributed by atoms with Crippen molar-refractivity contribution >= 4 is 17.7 Å². The first-order chi connectivity index (χ1) is 14.3. The molecular formula is C22H29F2N3O3. The first kappa shape index (κ1) is 22.2. The van der Waals surface area contributed by atoms with E-state index in [1.165, 1.54) is 6.07 Å². The zero-order valence-electron chi connectivity index (χ0n) is 17.5. The Bertz CT molecular complexity index is 809. The zero-order chi connectivity index (χ0) is 21.8. The molecule has 1 heterocycles. The van der Waals surface area contributed by atoms with E-state index in [0.29, 0.717) is 50.8 Å². The van der Waals surface area contributed by atoms with E-state index in [9.17, 15) is 23.2 Å². The van der Waals surface area contributed by atoms with Gasteiger partial charge >= 0.3 is 0 Å². The summed E-state index contributed by atoms with van der Waals surface area (Å²) in [6.07, 6.45) is 3.32. The number of hydrogen-bond acceptors (Lipinski definition) is 3. The van der Waals surface area contributed by atoms with Gasteiger partial charge in [0, 0.05) is 38.5 Å². The van der Waals surface area contributed by atoms with Crippen LogP contribution in [-0.4, -0.2) is 59.7 Å². The van der Waals surface area contributed by atoms with E-state index in [4.69, 9.17) is 0 Å². The van der Waals surface area contributed by atoms with E-state index in [2.05, 4.69) is 5.32 Å². The number of likely N-dealkylation sites (N-methyl/N-ethyl adjacent to an activating group) is 1. The van der Waals surface area contributed by atoms with E-state index in [-0.39, 0.29) is 36.1 Å². The number of aryl methyl sites for hydroxylation is 1. The number of amides is 3. The molecule has 2 fully saturated rings. The predicted molar refractivity (Wildman–Crippen MR) is 107 cm³/mol. The van der Waals surface area contributed by atoms with E-state index in [0.717, 1.165) is 12.1 Å². The smallest absolute Gasteiger partial charge is 0.244 e. The van der Waals surface area contributed by atoms with Crippen molar-refractivity contribution in [1.82, 2.24) is 15.1 Å². The summed E-state index contributed by atoms with van der Waals surface area (Å²) < 4.78 is 26.2. The summed E-state index contributed by atoms with van der Waals surface area (Å²) >= 11 is 0. The number of piperazine rings is 1. The van der Waals surface area contributed by atoms with Crippen LogP contribution in [0, 0.1) is 17.6 Å². The predicted octanol–water partition coefficient (Wildman–Crippen LogP) is 2.26. The van der Waals surface area contributed by atoms with Crippen molar-refractivity contribution in [2.75, 3.05) is 20.1 Å². The Hall–Kier alpha value is -2.51. The average molecular weight is 421 g/mol. The molecule has 1 aliphatic carbocycles. The highest BCUT2D eigenvalue weighted by atomic mass is 19.2. The highest BCUT2D eigenvalue weighted by Gasteiger charge is 2.37. The molecule has 8 heteroatoms. The first-order valence-electron chi connectivity index (χ1n) is 10.5. The SMILES string of the molecule is CC1C(=O)N(C)CCN1C(=O)C1CCC(NC(=O)CCc2ccc(F)c(F)c2)CC1. The fraction of sp³-hybridized carbons (Fsp3) is 0.591. The fourth-order valence-corrected chi connectivity index (χ4v) is 4.29. The molecule has 1 saturated heterocycles. The van der Waals surface area contributed by atoms with Crippen LogP contribution in [0.1, 0.15) is 44.6 Å². The number of carbonyl (C=O) groups excluding carboxylic acids is 3. The van der Waals surface area contributed by atoms with Gasteiger partial charge in [0.15, 0.2) is 11.6 Å². The van der Waals surface area contributed by atoms with Crippen LogP contribution < -0.4 is 5.32 Å². The van der Waals surface area contributed by atoms with E-state index in [1.807, 2.05) is 0 Å². The molecule has 3 amide bonds. The molecule has 1 atom stereocenters. The molecule has 164 valence electrons. The summed E-state index contributed by atoms with van der Waals surface area (Å²) in [5, 5.41) is 2.98. The summed E-state index contributed by atoms with van der Waals surface area (Å²) in [5.41, 5.74) is 0.578. The number of hydrogen-bond donors (Lipinski definition) is 1. The third-order valence-corrected chi connectivity index (χ3v) is 6.23. The van der Waals surface area contributed by atoms with E-state index < -0.39 is 17.7 Å². The second-order valence-electron chi connectivity index (χ2n) is 8.33. The van der Waals surface area contributed by atoms with E-state index in [1.54, 1.807) is 23.8 Å². The average Bonchev–Trinajstić information content (AvgIpc) is 2.73. The quantitative estimate of drug-likeness (QED) is 0.793. The molecule has 3 rings (SSSR count). The lowest BCUT2D eigenvalue weighted by atomic mass is 9.84. The first-order valence-corrected chi connectivity index (χ1v) is 10.5. The van der Waals surface area contributed by atoms with Crippen molar-refractivity contribution in [3.63, 3.8) is 0 Å². The van der Waals surface area contributed by atoms with Crippen LogP contribution in [0.4, 0.5) is 8.78 Å². The second-order valence-corrected chi connectivity index (χ2v) is 8.33.